The van der Waals surface area contributed by atoms with Gasteiger partial charge in [0, 0.05) is 19.6 Å². The molecule has 2 unspecified atom stereocenters. The summed E-state index contributed by atoms with van der Waals surface area (Å²) in [6.45, 7) is 4.31. The van der Waals surface area contributed by atoms with E-state index in [9.17, 15) is 14.3 Å². The van der Waals surface area contributed by atoms with E-state index in [1.807, 2.05) is 0 Å². The van der Waals surface area contributed by atoms with E-state index in [0.29, 0.717) is 6.61 Å². The van der Waals surface area contributed by atoms with Crippen molar-refractivity contribution in [1.82, 2.24) is 0 Å². The topological polar surface area (TPSA) is 117 Å². The molecular formula is C27H54NO7P. The quantitative estimate of drug-likeness (QED) is 0.0508. The van der Waals surface area contributed by atoms with Crippen LogP contribution in [0.5, 0.6) is 0 Å². The van der Waals surface area contributed by atoms with E-state index >= 15 is 0 Å². The molecule has 0 saturated carbocycles. The first-order chi connectivity index (χ1) is 17.4. The van der Waals surface area contributed by atoms with Gasteiger partial charge in [-0.3, -0.25) is 13.8 Å². The molecule has 3 N–H and O–H groups in total. The Morgan fingerprint density at radius 2 is 1.36 bits per heavy atom. The standard InChI is InChI=1S/C27H54NO7P/c1-3-5-6-7-8-9-10-11-12-13-14-15-16-17-18-19-20-22-32-24-26(35-27(29)4-2)25-34-36(30,31)33-23-21-28/h12-13,26H,3-11,14-25,28H2,1-2H3,(H,30,31)/b13-12-. The SMILES string of the molecule is CCCCCCCCC/C=C\CCCCCCCCOCC(COP(=O)(O)OCCN)OC(=O)CC. The largest absolute Gasteiger partial charge is 0.472 e. The first-order valence-corrected chi connectivity index (χ1v) is 15.7. The molecule has 9 heteroatoms. The van der Waals surface area contributed by atoms with Crippen LogP contribution in [0.2, 0.25) is 0 Å². The second-order valence-corrected chi connectivity index (χ2v) is 10.7. The molecule has 0 rings (SSSR count). The third-order valence-corrected chi connectivity index (χ3v) is 6.72. The average molecular weight is 536 g/mol. The van der Waals surface area contributed by atoms with Crippen LogP contribution in [0, 0.1) is 0 Å². The van der Waals surface area contributed by atoms with Crippen LogP contribution in [0.3, 0.4) is 0 Å². The van der Waals surface area contributed by atoms with Gasteiger partial charge in [-0.25, -0.2) is 4.57 Å². The summed E-state index contributed by atoms with van der Waals surface area (Å²) < 4.78 is 32.2. The van der Waals surface area contributed by atoms with Crippen molar-refractivity contribution in [2.75, 3.05) is 33.0 Å². The molecule has 0 fully saturated rings. The first kappa shape index (κ1) is 35.2. The highest BCUT2D eigenvalue weighted by molar-refractivity contribution is 7.47. The molecule has 0 aromatic heterocycles. The highest BCUT2D eigenvalue weighted by Crippen LogP contribution is 2.43. The van der Waals surface area contributed by atoms with E-state index < -0.39 is 19.9 Å². The summed E-state index contributed by atoms with van der Waals surface area (Å²) in [7, 11) is -4.23. The Hall–Kier alpha value is -0.760. The summed E-state index contributed by atoms with van der Waals surface area (Å²) in [6.07, 6.45) is 23.0. The number of unbranched alkanes of at least 4 members (excludes halogenated alkanes) is 13. The predicted octanol–water partition coefficient (Wildman–Crippen LogP) is 6.84. The zero-order valence-corrected chi connectivity index (χ0v) is 23.9. The van der Waals surface area contributed by atoms with Crippen LogP contribution in [0.4, 0.5) is 0 Å². The lowest BCUT2D eigenvalue weighted by atomic mass is 10.1. The van der Waals surface area contributed by atoms with E-state index in [4.69, 9.17) is 19.7 Å². The Morgan fingerprint density at radius 3 is 1.92 bits per heavy atom. The molecule has 0 amide bonds. The number of allylic oxidation sites excluding steroid dienone is 2. The number of phosphoric ester groups is 1. The highest BCUT2D eigenvalue weighted by atomic mass is 31.2. The lowest BCUT2D eigenvalue weighted by Gasteiger charge is -2.19. The zero-order chi connectivity index (χ0) is 26.7. The molecule has 214 valence electrons. The second kappa shape index (κ2) is 25.9. The number of hydrogen-bond acceptors (Lipinski definition) is 7. The van der Waals surface area contributed by atoms with Crippen molar-refractivity contribution >= 4 is 13.8 Å². The molecule has 0 aromatic rings. The molecule has 0 heterocycles. The van der Waals surface area contributed by atoms with Crippen molar-refractivity contribution in [3.63, 3.8) is 0 Å². The maximum atomic E-state index is 11.8. The molecule has 0 spiro atoms. The molecule has 36 heavy (non-hydrogen) atoms. The Morgan fingerprint density at radius 1 is 0.806 bits per heavy atom. The Labute approximate surface area is 220 Å². The lowest BCUT2D eigenvalue weighted by Crippen LogP contribution is -2.28. The Kier molecular flexibility index (Phi) is 25.3. The minimum atomic E-state index is -4.23. The molecule has 0 aliphatic heterocycles. The van der Waals surface area contributed by atoms with Crippen LogP contribution in [-0.4, -0.2) is 49.9 Å². The molecule has 0 aliphatic rings. The first-order valence-electron chi connectivity index (χ1n) is 14.2. The second-order valence-electron chi connectivity index (χ2n) is 9.22. The monoisotopic (exact) mass is 535 g/mol. The Bertz CT molecular complexity index is 574. The van der Waals surface area contributed by atoms with Crippen LogP contribution < -0.4 is 5.73 Å². The van der Waals surface area contributed by atoms with E-state index in [0.717, 1.165) is 12.8 Å². The van der Waals surface area contributed by atoms with Gasteiger partial charge in [0.25, 0.3) is 0 Å². The van der Waals surface area contributed by atoms with E-state index in [2.05, 4.69) is 23.6 Å². The van der Waals surface area contributed by atoms with Gasteiger partial charge in [-0.1, -0.05) is 90.2 Å². The molecular weight excluding hydrogens is 481 g/mol. The van der Waals surface area contributed by atoms with Crippen LogP contribution in [0.1, 0.15) is 117 Å². The fourth-order valence-corrected chi connectivity index (χ4v) is 4.38. The molecule has 0 saturated heterocycles. The highest BCUT2D eigenvalue weighted by Gasteiger charge is 2.24. The summed E-state index contributed by atoms with van der Waals surface area (Å²) in [5.41, 5.74) is 5.25. The lowest BCUT2D eigenvalue weighted by molar-refractivity contribution is -0.154. The number of ether oxygens (including phenoxy) is 2. The number of esters is 1. The molecule has 8 nitrogen and oxygen atoms in total. The van der Waals surface area contributed by atoms with Gasteiger partial charge in [0.1, 0.15) is 6.10 Å². The predicted molar refractivity (Wildman–Crippen MR) is 146 cm³/mol. The van der Waals surface area contributed by atoms with Gasteiger partial charge in [-0.15, -0.1) is 0 Å². The number of carbonyl (C=O) groups is 1. The molecule has 0 aromatic carbocycles. The van der Waals surface area contributed by atoms with Gasteiger partial charge in [0.2, 0.25) is 0 Å². The third kappa shape index (κ3) is 24.9. The number of rotatable bonds is 27. The van der Waals surface area contributed by atoms with Crippen LogP contribution in [-0.2, 0) is 27.9 Å². The number of nitrogens with two attached hydrogens (primary N) is 1. The normalized spacial score (nSPS) is 14.2. The smallest absolute Gasteiger partial charge is 0.457 e. The number of carbonyl (C=O) groups excluding carboxylic acids is 1. The minimum absolute atomic E-state index is 0.0975. The van der Waals surface area contributed by atoms with Gasteiger partial charge < -0.3 is 20.1 Å². The summed E-state index contributed by atoms with van der Waals surface area (Å²) in [5.74, 6) is -0.421. The minimum Gasteiger partial charge on any atom is -0.457 e. The van der Waals surface area contributed by atoms with Crippen LogP contribution >= 0.6 is 7.82 Å². The van der Waals surface area contributed by atoms with Crippen molar-refractivity contribution < 1.29 is 32.8 Å². The maximum absolute atomic E-state index is 11.8. The van der Waals surface area contributed by atoms with Crippen molar-refractivity contribution in [3.05, 3.63) is 12.2 Å². The van der Waals surface area contributed by atoms with Gasteiger partial charge in [0.05, 0.1) is 19.8 Å². The van der Waals surface area contributed by atoms with Crippen molar-refractivity contribution in [3.8, 4) is 0 Å². The van der Waals surface area contributed by atoms with Gasteiger partial charge in [0.15, 0.2) is 0 Å². The maximum Gasteiger partial charge on any atom is 0.472 e. The summed E-state index contributed by atoms with van der Waals surface area (Å²) in [4.78, 5) is 21.2. The van der Waals surface area contributed by atoms with Crippen LogP contribution in [0.25, 0.3) is 0 Å². The average Bonchev–Trinajstić information content (AvgIpc) is 2.87. The molecule has 0 aliphatic carbocycles. The van der Waals surface area contributed by atoms with Gasteiger partial charge in [-0.2, -0.15) is 0 Å². The molecule has 2 atom stereocenters. The summed E-state index contributed by atoms with van der Waals surface area (Å²) in [5, 5.41) is 0. The van der Waals surface area contributed by atoms with E-state index in [1.165, 1.54) is 83.5 Å². The fraction of sp³-hybridized carbons (Fsp3) is 0.889. The summed E-state index contributed by atoms with van der Waals surface area (Å²) >= 11 is 0. The Balaban J connectivity index is 3.70. The molecule has 0 bridgehead atoms. The summed E-state index contributed by atoms with van der Waals surface area (Å²) in [6, 6.07) is 0. The van der Waals surface area contributed by atoms with Gasteiger partial charge >= 0.3 is 13.8 Å². The van der Waals surface area contributed by atoms with Crippen molar-refractivity contribution in [2.45, 2.75) is 123 Å². The fourth-order valence-electron chi connectivity index (χ4n) is 3.61. The van der Waals surface area contributed by atoms with Gasteiger partial charge in [-0.05, 0) is 32.1 Å². The third-order valence-electron chi connectivity index (χ3n) is 5.74. The van der Waals surface area contributed by atoms with E-state index in [1.54, 1.807) is 6.92 Å². The van der Waals surface area contributed by atoms with Crippen molar-refractivity contribution in [2.24, 2.45) is 5.73 Å². The zero-order valence-electron chi connectivity index (χ0n) is 23.0. The number of hydrogen-bond donors (Lipinski definition) is 2. The van der Waals surface area contributed by atoms with Crippen LogP contribution in [0.15, 0.2) is 12.2 Å². The number of phosphoric acid groups is 1. The van der Waals surface area contributed by atoms with E-state index in [-0.39, 0.29) is 32.8 Å². The van der Waals surface area contributed by atoms with Crippen molar-refractivity contribution in [1.29, 1.82) is 0 Å². The molecule has 0 radical (unpaired) electrons.